The van der Waals surface area contributed by atoms with Crippen molar-refractivity contribution in [2.75, 3.05) is 14.2 Å². The molecule has 0 aliphatic carbocycles. The summed E-state index contributed by atoms with van der Waals surface area (Å²) in [6.45, 7) is 0. The lowest BCUT2D eigenvalue weighted by Gasteiger charge is -2.17. The Balaban J connectivity index is 2.17. The average Bonchev–Trinajstić information content (AvgIpc) is 2.67. The number of carbonyl (C=O) groups is 1. The summed E-state index contributed by atoms with van der Waals surface area (Å²) in [5.41, 5.74) is 2.66. The van der Waals surface area contributed by atoms with Crippen LogP contribution in [0.3, 0.4) is 0 Å². The van der Waals surface area contributed by atoms with E-state index in [0.717, 1.165) is 11.1 Å². The van der Waals surface area contributed by atoms with E-state index < -0.39 is 5.97 Å². The van der Waals surface area contributed by atoms with Crippen LogP contribution < -0.4 is 9.47 Å². The summed E-state index contributed by atoms with van der Waals surface area (Å²) in [4.78, 5) is 11.1. The average molecular weight is 366 g/mol. The SMILES string of the molecule is COc1c(-c2ccc(O)cc2)ccc(-c2ccc(C(=O)O)c(O)c2)c1OC. The molecule has 3 aromatic carbocycles. The van der Waals surface area contributed by atoms with E-state index in [-0.39, 0.29) is 17.1 Å². The number of carboxylic acids is 1. The topological polar surface area (TPSA) is 96.2 Å². The van der Waals surface area contributed by atoms with Gasteiger partial charge in [0.05, 0.1) is 14.2 Å². The van der Waals surface area contributed by atoms with Crippen molar-refractivity contribution in [3.63, 3.8) is 0 Å². The Morgan fingerprint density at radius 2 is 1.30 bits per heavy atom. The zero-order valence-corrected chi connectivity index (χ0v) is 14.8. The van der Waals surface area contributed by atoms with Gasteiger partial charge >= 0.3 is 5.97 Å². The first-order valence-corrected chi connectivity index (χ1v) is 8.07. The second-order valence-electron chi connectivity index (χ2n) is 5.81. The molecule has 0 bridgehead atoms. The Morgan fingerprint density at radius 1 is 0.778 bits per heavy atom. The van der Waals surface area contributed by atoms with Crippen molar-refractivity contribution in [2.24, 2.45) is 0 Å². The maximum atomic E-state index is 11.1. The molecule has 0 unspecified atom stereocenters. The molecular formula is C21H18O6. The molecule has 6 heteroatoms. The van der Waals surface area contributed by atoms with Crippen molar-refractivity contribution < 1.29 is 29.6 Å². The highest BCUT2D eigenvalue weighted by Crippen LogP contribution is 2.45. The van der Waals surface area contributed by atoms with Gasteiger partial charge in [0, 0.05) is 11.1 Å². The molecule has 0 saturated heterocycles. The first-order valence-electron chi connectivity index (χ1n) is 8.07. The minimum Gasteiger partial charge on any atom is -0.508 e. The maximum Gasteiger partial charge on any atom is 0.339 e. The van der Waals surface area contributed by atoms with Crippen LogP contribution in [0.1, 0.15) is 10.4 Å². The zero-order chi connectivity index (χ0) is 19.6. The number of carboxylic acid groups (broad SMARTS) is 1. The van der Waals surface area contributed by atoms with E-state index in [2.05, 4.69) is 0 Å². The van der Waals surface area contributed by atoms with Gasteiger partial charge in [0.25, 0.3) is 0 Å². The van der Waals surface area contributed by atoms with Crippen LogP contribution in [0, 0.1) is 0 Å². The molecule has 3 N–H and O–H groups in total. The number of phenols is 2. The molecule has 0 amide bonds. The lowest BCUT2D eigenvalue weighted by atomic mass is 9.96. The number of hydrogen-bond acceptors (Lipinski definition) is 5. The normalized spacial score (nSPS) is 10.4. The van der Waals surface area contributed by atoms with Gasteiger partial charge in [-0.2, -0.15) is 0 Å². The molecule has 0 fully saturated rings. The monoisotopic (exact) mass is 366 g/mol. The van der Waals surface area contributed by atoms with E-state index in [4.69, 9.17) is 14.6 Å². The first-order chi connectivity index (χ1) is 13.0. The highest BCUT2D eigenvalue weighted by molar-refractivity contribution is 5.92. The van der Waals surface area contributed by atoms with Gasteiger partial charge in [0.1, 0.15) is 17.1 Å². The lowest BCUT2D eigenvalue weighted by Crippen LogP contribution is -1.98. The molecule has 3 aromatic rings. The van der Waals surface area contributed by atoms with Gasteiger partial charge in [-0.1, -0.05) is 18.2 Å². The van der Waals surface area contributed by atoms with Crippen LogP contribution in [0.4, 0.5) is 0 Å². The van der Waals surface area contributed by atoms with Gasteiger partial charge in [-0.25, -0.2) is 4.79 Å². The third kappa shape index (κ3) is 3.37. The van der Waals surface area contributed by atoms with Gasteiger partial charge < -0.3 is 24.8 Å². The molecule has 6 nitrogen and oxygen atoms in total. The largest absolute Gasteiger partial charge is 0.508 e. The summed E-state index contributed by atoms with van der Waals surface area (Å²) >= 11 is 0. The molecule has 0 spiro atoms. The molecule has 0 saturated carbocycles. The molecule has 0 aromatic heterocycles. The van der Waals surface area contributed by atoms with E-state index in [1.54, 1.807) is 36.4 Å². The summed E-state index contributed by atoms with van der Waals surface area (Å²) in [5, 5.41) is 28.6. The van der Waals surface area contributed by atoms with Crippen LogP contribution in [0.2, 0.25) is 0 Å². The fraction of sp³-hybridized carbons (Fsp3) is 0.0952. The summed E-state index contributed by atoms with van der Waals surface area (Å²) in [5.74, 6) is -0.432. The summed E-state index contributed by atoms with van der Waals surface area (Å²) in [6.07, 6.45) is 0. The van der Waals surface area contributed by atoms with Gasteiger partial charge in [0.2, 0.25) is 0 Å². The quantitative estimate of drug-likeness (QED) is 0.628. The molecule has 0 aliphatic rings. The first kappa shape index (κ1) is 18.1. The smallest absolute Gasteiger partial charge is 0.339 e. The van der Waals surface area contributed by atoms with Crippen molar-refractivity contribution in [3.05, 3.63) is 60.2 Å². The molecule has 0 aliphatic heterocycles. The molecule has 3 rings (SSSR count). The van der Waals surface area contributed by atoms with Crippen LogP contribution >= 0.6 is 0 Å². The summed E-state index contributed by atoms with van der Waals surface area (Å²) in [6, 6.07) is 14.6. The predicted molar refractivity (Wildman–Crippen MR) is 101 cm³/mol. The van der Waals surface area contributed by atoms with E-state index >= 15 is 0 Å². The standard InChI is InChI=1S/C21H18O6/c1-26-19-15(12-3-6-14(22)7-4-12)9-10-16(20(19)27-2)13-5-8-17(21(24)25)18(23)11-13/h3-11,22-23H,1-2H3,(H,24,25). The van der Waals surface area contributed by atoms with Crippen molar-refractivity contribution in [1.82, 2.24) is 0 Å². The highest BCUT2D eigenvalue weighted by Gasteiger charge is 2.19. The van der Waals surface area contributed by atoms with Crippen LogP contribution in [0.25, 0.3) is 22.3 Å². The number of rotatable bonds is 5. The number of aromatic carboxylic acids is 1. The third-order valence-electron chi connectivity index (χ3n) is 4.24. The molecule has 0 radical (unpaired) electrons. The van der Waals surface area contributed by atoms with Crippen LogP contribution in [-0.4, -0.2) is 35.5 Å². The van der Waals surface area contributed by atoms with E-state index in [0.29, 0.717) is 22.6 Å². The number of methoxy groups -OCH3 is 2. The fourth-order valence-corrected chi connectivity index (χ4v) is 2.94. The van der Waals surface area contributed by atoms with Crippen molar-refractivity contribution in [2.45, 2.75) is 0 Å². The Kier molecular flexibility index (Phi) is 4.90. The third-order valence-corrected chi connectivity index (χ3v) is 4.24. The lowest BCUT2D eigenvalue weighted by molar-refractivity contribution is 0.0694. The van der Waals surface area contributed by atoms with Gasteiger partial charge in [-0.3, -0.25) is 0 Å². The minimum atomic E-state index is -1.20. The molecular weight excluding hydrogens is 348 g/mol. The zero-order valence-electron chi connectivity index (χ0n) is 14.8. The number of phenolic OH excluding ortho intramolecular Hbond substituents is 1. The van der Waals surface area contributed by atoms with Crippen molar-refractivity contribution in [1.29, 1.82) is 0 Å². The minimum absolute atomic E-state index is 0.162. The second-order valence-corrected chi connectivity index (χ2v) is 5.81. The second kappa shape index (κ2) is 7.29. The molecule has 27 heavy (non-hydrogen) atoms. The van der Waals surface area contributed by atoms with Gasteiger partial charge in [0.15, 0.2) is 11.5 Å². The Hall–Kier alpha value is -3.67. The van der Waals surface area contributed by atoms with Crippen molar-refractivity contribution >= 4 is 5.97 Å². The predicted octanol–water partition coefficient (Wildman–Crippen LogP) is 4.15. The maximum absolute atomic E-state index is 11.1. The van der Waals surface area contributed by atoms with E-state index in [1.807, 2.05) is 6.07 Å². The number of aromatic hydroxyl groups is 2. The van der Waals surface area contributed by atoms with Crippen LogP contribution in [-0.2, 0) is 0 Å². The van der Waals surface area contributed by atoms with Gasteiger partial charge in [-0.15, -0.1) is 0 Å². The molecule has 138 valence electrons. The number of hydrogen-bond donors (Lipinski definition) is 3. The van der Waals surface area contributed by atoms with Crippen LogP contribution in [0.15, 0.2) is 54.6 Å². The summed E-state index contributed by atoms with van der Waals surface area (Å²) < 4.78 is 11.1. The van der Waals surface area contributed by atoms with E-state index in [9.17, 15) is 15.0 Å². The van der Waals surface area contributed by atoms with E-state index in [1.165, 1.54) is 26.4 Å². The van der Waals surface area contributed by atoms with Crippen molar-refractivity contribution in [3.8, 4) is 45.3 Å². The summed E-state index contributed by atoms with van der Waals surface area (Å²) in [7, 11) is 3.03. The highest BCUT2D eigenvalue weighted by atomic mass is 16.5. The van der Waals surface area contributed by atoms with Crippen LogP contribution in [0.5, 0.6) is 23.0 Å². The Labute approximate surface area is 155 Å². The molecule has 0 heterocycles. The molecule has 0 atom stereocenters. The number of benzene rings is 3. The van der Waals surface area contributed by atoms with Gasteiger partial charge in [-0.05, 0) is 47.5 Å². The Bertz CT molecular complexity index is 992. The number of ether oxygens (including phenoxy) is 2. The fourth-order valence-electron chi connectivity index (χ4n) is 2.94. The Morgan fingerprint density at radius 3 is 1.78 bits per heavy atom.